The van der Waals surface area contributed by atoms with Gasteiger partial charge in [-0.25, -0.2) is 8.42 Å². The van der Waals surface area contributed by atoms with Crippen LogP contribution in [0, 0.1) is 0 Å². The predicted octanol–water partition coefficient (Wildman–Crippen LogP) is 0.473. The number of sulfone groups is 1. The minimum atomic E-state index is -2.97. The maximum absolute atomic E-state index is 11.4. The Kier molecular flexibility index (Phi) is 3.89. The molecule has 5 heteroatoms. The molecule has 1 aliphatic rings. The van der Waals surface area contributed by atoms with E-state index >= 15 is 0 Å². The van der Waals surface area contributed by atoms with Gasteiger partial charge in [0.25, 0.3) is 0 Å². The van der Waals surface area contributed by atoms with Crippen LogP contribution in [0.3, 0.4) is 0 Å². The normalized spacial score (nSPS) is 26.2. The van der Waals surface area contributed by atoms with Gasteiger partial charge in [-0.05, 0) is 33.2 Å². The Balaban J connectivity index is 2.68. The summed E-state index contributed by atoms with van der Waals surface area (Å²) in [7, 11) is -2.97. The molecule has 0 amide bonds. The summed E-state index contributed by atoms with van der Waals surface area (Å²) in [5, 5.41) is -0.298. The number of carbonyl (C=O) groups excluding carboxylic acids is 1. The highest BCUT2D eigenvalue weighted by molar-refractivity contribution is 7.91. The Hall–Kier alpha value is -0.420. The van der Waals surface area contributed by atoms with Gasteiger partial charge in [-0.15, -0.1) is 0 Å². The van der Waals surface area contributed by atoms with Gasteiger partial charge in [-0.1, -0.05) is 0 Å². The average molecular weight is 233 g/mol. The number of rotatable bonds is 3. The lowest BCUT2D eigenvalue weighted by Gasteiger charge is -2.34. The van der Waals surface area contributed by atoms with Gasteiger partial charge in [0, 0.05) is 12.8 Å². The standard InChI is InChI=1S/C10H19NO3S/c1-8(9(2)12)11-6-4-5-10(7-11)15(3,13)14/h8,10H,4-7H2,1-3H3. The lowest BCUT2D eigenvalue weighted by Crippen LogP contribution is -2.48. The molecule has 88 valence electrons. The van der Waals surface area contributed by atoms with Crippen LogP contribution >= 0.6 is 0 Å². The summed E-state index contributed by atoms with van der Waals surface area (Å²) >= 11 is 0. The quantitative estimate of drug-likeness (QED) is 0.711. The number of Topliss-reactive ketones (excluding diaryl/α,β-unsaturated/α-hetero) is 1. The van der Waals surface area contributed by atoms with Crippen molar-refractivity contribution in [2.45, 2.75) is 38.0 Å². The molecule has 1 aliphatic heterocycles. The summed E-state index contributed by atoms with van der Waals surface area (Å²) in [4.78, 5) is 13.2. The predicted molar refractivity (Wildman–Crippen MR) is 59.6 cm³/mol. The monoisotopic (exact) mass is 233 g/mol. The van der Waals surface area contributed by atoms with E-state index in [2.05, 4.69) is 0 Å². The molecule has 1 fully saturated rings. The Morgan fingerprint density at radius 1 is 1.47 bits per heavy atom. The molecule has 15 heavy (non-hydrogen) atoms. The molecule has 4 nitrogen and oxygen atoms in total. The molecule has 0 aromatic carbocycles. The third-order valence-corrected chi connectivity index (χ3v) is 4.75. The van der Waals surface area contributed by atoms with Gasteiger partial charge in [0.15, 0.2) is 9.84 Å². The highest BCUT2D eigenvalue weighted by Crippen LogP contribution is 2.18. The van der Waals surface area contributed by atoms with E-state index in [1.807, 2.05) is 11.8 Å². The van der Waals surface area contributed by atoms with Crippen LogP contribution < -0.4 is 0 Å². The number of nitrogens with zero attached hydrogens (tertiary/aromatic N) is 1. The fraction of sp³-hybridized carbons (Fsp3) is 0.900. The lowest BCUT2D eigenvalue weighted by atomic mass is 10.1. The third kappa shape index (κ3) is 3.28. The maximum Gasteiger partial charge on any atom is 0.151 e. The molecule has 0 N–H and O–H groups in total. The van der Waals surface area contributed by atoms with E-state index in [1.54, 1.807) is 6.92 Å². The zero-order chi connectivity index (χ0) is 11.6. The van der Waals surface area contributed by atoms with Crippen molar-refractivity contribution >= 4 is 15.6 Å². The first-order valence-electron chi connectivity index (χ1n) is 5.25. The highest BCUT2D eigenvalue weighted by Gasteiger charge is 2.30. The topological polar surface area (TPSA) is 54.5 Å². The number of carbonyl (C=O) groups is 1. The Morgan fingerprint density at radius 2 is 2.07 bits per heavy atom. The second-order valence-electron chi connectivity index (χ2n) is 4.38. The van der Waals surface area contributed by atoms with E-state index < -0.39 is 9.84 Å². The number of piperidine rings is 1. The molecule has 0 saturated carbocycles. The molecule has 2 unspecified atom stereocenters. The summed E-state index contributed by atoms with van der Waals surface area (Å²) in [6, 6.07) is -0.158. The first-order chi connectivity index (χ1) is 6.82. The van der Waals surface area contributed by atoms with Crippen molar-refractivity contribution in [1.82, 2.24) is 4.90 Å². The maximum atomic E-state index is 11.4. The molecule has 0 aliphatic carbocycles. The van der Waals surface area contributed by atoms with Crippen molar-refractivity contribution in [1.29, 1.82) is 0 Å². The fourth-order valence-electron chi connectivity index (χ4n) is 1.92. The second kappa shape index (κ2) is 4.61. The molecule has 1 heterocycles. The van der Waals surface area contributed by atoms with Crippen molar-refractivity contribution in [2.24, 2.45) is 0 Å². The van der Waals surface area contributed by atoms with E-state index in [9.17, 15) is 13.2 Å². The van der Waals surface area contributed by atoms with Crippen LogP contribution in [-0.2, 0) is 14.6 Å². The zero-order valence-electron chi connectivity index (χ0n) is 9.56. The largest absolute Gasteiger partial charge is 0.298 e. The van der Waals surface area contributed by atoms with Crippen molar-refractivity contribution in [3.8, 4) is 0 Å². The van der Waals surface area contributed by atoms with Crippen LogP contribution in [0.15, 0.2) is 0 Å². The van der Waals surface area contributed by atoms with Crippen LogP contribution in [0.2, 0.25) is 0 Å². The van der Waals surface area contributed by atoms with Gasteiger partial charge in [-0.2, -0.15) is 0 Å². The first kappa shape index (κ1) is 12.6. The molecule has 0 spiro atoms. The van der Waals surface area contributed by atoms with Crippen LogP contribution in [0.25, 0.3) is 0 Å². The zero-order valence-corrected chi connectivity index (χ0v) is 10.4. The molecule has 1 saturated heterocycles. The van der Waals surface area contributed by atoms with E-state index in [0.717, 1.165) is 19.4 Å². The van der Waals surface area contributed by atoms with E-state index in [4.69, 9.17) is 0 Å². The van der Waals surface area contributed by atoms with Gasteiger partial charge in [0.2, 0.25) is 0 Å². The van der Waals surface area contributed by atoms with Crippen LogP contribution in [0.1, 0.15) is 26.7 Å². The molecule has 0 bridgehead atoms. The van der Waals surface area contributed by atoms with Crippen molar-refractivity contribution in [3.05, 3.63) is 0 Å². The van der Waals surface area contributed by atoms with Crippen LogP contribution in [0.5, 0.6) is 0 Å². The molecular formula is C10H19NO3S. The van der Waals surface area contributed by atoms with E-state index in [-0.39, 0.29) is 17.1 Å². The first-order valence-corrected chi connectivity index (χ1v) is 7.21. The Bertz CT molecular complexity index is 337. The second-order valence-corrected chi connectivity index (χ2v) is 6.70. The third-order valence-electron chi connectivity index (χ3n) is 3.15. The van der Waals surface area contributed by atoms with Crippen LogP contribution in [0.4, 0.5) is 0 Å². The van der Waals surface area contributed by atoms with Crippen molar-refractivity contribution in [2.75, 3.05) is 19.3 Å². The summed E-state index contributed by atoms with van der Waals surface area (Å²) in [5.41, 5.74) is 0. The highest BCUT2D eigenvalue weighted by atomic mass is 32.2. The lowest BCUT2D eigenvalue weighted by molar-refractivity contribution is -0.121. The number of likely N-dealkylation sites (tertiary alicyclic amines) is 1. The summed E-state index contributed by atoms with van der Waals surface area (Å²) in [6.45, 7) is 4.72. The van der Waals surface area contributed by atoms with Crippen LogP contribution in [-0.4, -0.2) is 49.7 Å². The fourth-order valence-corrected chi connectivity index (χ4v) is 2.98. The van der Waals surface area contributed by atoms with Gasteiger partial charge in [0.1, 0.15) is 5.78 Å². The molecule has 0 aromatic rings. The smallest absolute Gasteiger partial charge is 0.151 e. The van der Waals surface area contributed by atoms with Gasteiger partial charge in [-0.3, -0.25) is 9.69 Å². The molecular weight excluding hydrogens is 214 g/mol. The summed E-state index contributed by atoms with van der Waals surface area (Å²) in [5.74, 6) is 0.101. The van der Waals surface area contributed by atoms with E-state index in [0.29, 0.717) is 6.54 Å². The molecule has 2 atom stereocenters. The van der Waals surface area contributed by atoms with Crippen molar-refractivity contribution < 1.29 is 13.2 Å². The Morgan fingerprint density at radius 3 is 2.53 bits per heavy atom. The number of ketones is 1. The van der Waals surface area contributed by atoms with Gasteiger partial charge in [0.05, 0.1) is 11.3 Å². The minimum Gasteiger partial charge on any atom is -0.298 e. The van der Waals surface area contributed by atoms with Gasteiger partial charge < -0.3 is 0 Å². The molecule has 1 rings (SSSR count). The number of hydrogen-bond donors (Lipinski definition) is 0. The van der Waals surface area contributed by atoms with E-state index in [1.165, 1.54) is 6.26 Å². The molecule has 0 radical (unpaired) electrons. The summed E-state index contributed by atoms with van der Waals surface area (Å²) < 4.78 is 22.8. The minimum absolute atomic E-state index is 0.101. The summed E-state index contributed by atoms with van der Waals surface area (Å²) in [6.07, 6.45) is 2.86. The number of hydrogen-bond acceptors (Lipinski definition) is 4. The Labute approximate surface area is 91.6 Å². The average Bonchev–Trinajstić information content (AvgIpc) is 2.15. The molecule has 0 aromatic heterocycles. The van der Waals surface area contributed by atoms with Crippen molar-refractivity contribution in [3.63, 3.8) is 0 Å². The van der Waals surface area contributed by atoms with Gasteiger partial charge >= 0.3 is 0 Å². The SMILES string of the molecule is CC(=O)C(C)N1CCCC(S(C)(=O)=O)C1.